The molecule has 2 rings (SSSR count). The van der Waals surface area contributed by atoms with Crippen LogP contribution in [0.2, 0.25) is 0 Å². The van der Waals surface area contributed by atoms with Crippen molar-refractivity contribution in [2.45, 2.75) is 25.2 Å². The van der Waals surface area contributed by atoms with E-state index in [4.69, 9.17) is 15.2 Å². The molecule has 1 amide bonds. The van der Waals surface area contributed by atoms with Crippen LogP contribution < -0.4 is 20.5 Å². The summed E-state index contributed by atoms with van der Waals surface area (Å²) >= 11 is 0. The van der Waals surface area contributed by atoms with Crippen LogP contribution in [0.3, 0.4) is 0 Å². The smallest absolute Gasteiger partial charge is 0.261 e. The minimum absolute atomic E-state index is 0.424. The molecule has 2 aromatic rings. The highest BCUT2D eigenvalue weighted by atomic mass is 16.5. The number of hydrogen-bond donors (Lipinski definition) is 4. The first-order valence-corrected chi connectivity index (χ1v) is 8.20. The molecule has 0 radical (unpaired) electrons. The van der Waals surface area contributed by atoms with Crippen molar-refractivity contribution < 1.29 is 24.5 Å². The van der Waals surface area contributed by atoms with Gasteiger partial charge in [0.25, 0.3) is 5.91 Å². The Labute approximate surface area is 152 Å². The highest BCUT2D eigenvalue weighted by Gasteiger charge is 2.25. The van der Waals surface area contributed by atoms with E-state index in [2.05, 4.69) is 5.32 Å². The zero-order valence-electron chi connectivity index (χ0n) is 14.8. The molecule has 0 bridgehead atoms. The lowest BCUT2D eigenvalue weighted by Crippen LogP contribution is -2.47. The summed E-state index contributed by atoms with van der Waals surface area (Å²) in [5, 5.41) is 22.5. The molecule has 7 nitrogen and oxygen atoms in total. The Morgan fingerprint density at radius 1 is 1.12 bits per heavy atom. The second-order valence-electron chi connectivity index (χ2n) is 5.84. The van der Waals surface area contributed by atoms with Gasteiger partial charge in [-0.05, 0) is 48.9 Å². The second kappa shape index (κ2) is 9.07. The van der Waals surface area contributed by atoms with Crippen LogP contribution in [0, 0.1) is 0 Å². The van der Waals surface area contributed by atoms with Crippen molar-refractivity contribution in [3.8, 4) is 11.5 Å². The van der Waals surface area contributed by atoms with Crippen molar-refractivity contribution in [3.63, 3.8) is 0 Å². The average Bonchev–Trinajstić information content (AvgIpc) is 2.66. The highest BCUT2D eigenvalue weighted by molar-refractivity contribution is 5.81. The molecule has 0 aliphatic rings. The number of methoxy groups -OCH3 is 1. The summed E-state index contributed by atoms with van der Waals surface area (Å²) in [6, 6.07) is 12.5. The summed E-state index contributed by atoms with van der Waals surface area (Å²) in [5.41, 5.74) is 6.73. The van der Waals surface area contributed by atoms with Crippen LogP contribution in [0.15, 0.2) is 48.5 Å². The minimum Gasteiger partial charge on any atom is -0.497 e. The average molecular weight is 360 g/mol. The van der Waals surface area contributed by atoms with Crippen molar-refractivity contribution in [3.05, 3.63) is 54.1 Å². The number of aliphatic hydroxyl groups is 2. The van der Waals surface area contributed by atoms with Gasteiger partial charge in [0.05, 0.1) is 19.8 Å². The molecule has 0 aliphatic heterocycles. The number of ether oxygens (including phenoxy) is 2. The minimum atomic E-state index is -1.07. The number of nitrogen functional groups attached to an aromatic ring is 1. The number of rotatable bonds is 8. The molecule has 7 heteroatoms. The summed E-state index contributed by atoms with van der Waals surface area (Å²) in [6.45, 7) is 1.16. The predicted octanol–water partition coefficient (Wildman–Crippen LogP) is 1.26. The topological polar surface area (TPSA) is 114 Å². The molecule has 0 saturated carbocycles. The van der Waals surface area contributed by atoms with E-state index in [9.17, 15) is 15.0 Å². The number of aliphatic hydroxyl groups excluding tert-OH is 2. The maximum absolute atomic E-state index is 12.3. The van der Waals surface area contributed by atoms with Gasteiger partial charge in [-0.15, -0.1) is 0 Å². The third-order valence-corrected chi connectivity index (χ3v) is 3.92. The van der Waals surface area contributed by atoms with E-state index in [0.717, 1.165) is 0 Å². The molecule has 140 valence electrons. The van der Waals surface area contributed by atoms with Gasteiger partial charge in [0, 0.05) is 5.69 Å². The largest absolute Gasteiger partial charge is 0.497 e. The van der Waals surface area contributed by atoms with E-state index >= 15 is 0 Å². The fraction of sp³-hybridized carbons (Fsp3) is 0.316. The van der Waals surface area contributed by atoms with E-state index in [0.29, 0.717) is 22.7 Å². The number of amides is 1. The Morgan fingerprint density at radius 2 is 1.69 bits per heavy atom. The maximum Gasteiger partial charge on any atom is 0.261 e. The van der Waals surface area contributed by atoms with Gasteiger partial charge in [-0.25, -0.2) is 0 Å². The van der Waals surface area contributed by atoms with Crippen LogP contribution >= 0.6 is 0 Å². The third kappa shape index (κ3) is 5.11. The summed E-state index contributed by atoms with van der Waals surface area (Å²) in [6.07, 6.45) is -1.88. The van der Waals surface area contributed by atoms with Crippen LogP contribution in [0.1, 0.15) is 18.6 Å². The molecule has 3 atom stereocenters. The summed E-state index contributed by atoms with van der Waals surface area (Å²) in [5.74, 6) is 0.740. The van der Waals surface area contributed by atoms with Crippen molar-refractivity contribution in [2.75, 3.05) is 19.5 Å². The van der Waals surface area contributed by atoms with Crippen LogP contribution in [-0.4, -0.2) is 42.0 Å². The molecule has 3 unspecified atom stereocenters. The first-order valence-electron chi connectivity index (χ1n) is 8.20. The van der Waals surface area contributed by atoms with Gasteiger partial charge in [0.2, 0.25) is 0 Å². The SMILES string of the molecule is COc1ccc(OC(C)C(=O)NC(CO)C(O)c2ccc(N)cc2)cc1. The highest BCUT2D eigenvalue weighted by Crippen LogP contribution is 2.20. The molecule has 0 aromatic heterocycles. The van der Waals surface area contributed by atoms with Crippen LogP contribution in [0.25, 0.3) is 0 Å². The third-order valence-electron chi connectivity index (χ3n) is 3.92. The number of nitrogens with two attached hydrogens (primary N) is 1. The van der Waals surface area contributed by atoms with Crippen LogP contribution in [0.4, 0.5) is 5.69 Å². The van der Waals surface area contributed by atoms with Gasteiger partial charge in [-0.1, -0.05) is 12.1 Å². The Bertz CT molecular complexity index is 703. The first kappa shape index (κ1) is 19.6. The standard InChI is InChI=1S/C19H24N2O5/c1-12(26-16-9-7-15(25-2)8-10-16)19(24)21-17(11-22)18(23)13-3-5-14(20)6-4-13/h3-10,12,17-18,22-23H,11,20H2,1-2H3,(H,21,24). The van der Waals surface area contributed by atoms with Gasteiger partial charge in [0.15, 0.2) is 6.10 Å². The van der Waals surface area contributed by atoms with Crippen molar-refractivity contribution in [1.82, 2.24) is 5.32 Å². The molecule has 0 spiro atoms. The van der Waals surface area contributed by atoms with E-state index in [-0.39, 0.29) is 0 Å². The number of carbonyl (C=O) groups is 1. The Balaban J connectivity index is 1.97. The normalized spacial score (nSPS) is 14.2. The molecule has 0 fully saturated rings. The lowest BCUT2D eigenvalue weighted by atomic mass is 10.0. The zero-order chi connectivity index (χ0) is 19.1. The molecule has 0 saturated heterocycles. The molecular weight excluding hydrogens is 336 g/mol. The zero-order valence-corrected chi connectivity index (χ0v) is 14.8. The molecule has 5 N–H and O–H groups in total. The molecule has 2 aromatic carbocycles. The number of nitrogens with one attached hydrogen (secondary N) is 1. The Morgan fingerprint density at radius 3 is 2.23 bits per heavy atom. The first-order chi connectivity index (χ1) is 12.4. The maximum atomic E-state index is 12.3. The summed E-state index contributed by atoms with van der Waals surface area (Å²) in [7, 11) is 1.56. The van der Waals surface area contributed by atoms with Crippen LogP contribution in [0.5, 0.6) is 11.5 Å². The predicted molar refractivity (Wildman–Crippen MR) is 97.9 cm³/mol. The Kier molecular flexibility index (Phi) is 6.82. The van der Waals surface area contributed by atoms with Crippen molar-refractivity contribution >= 4 is 11.6 Å². The van der Waals surface area contributed by atoms with E-state index in [1.54, 1.807) is 62.6 Å². The number of carbonyl (C=O) groups excluding carboxylic acids is 1. The summed E-state index contributed by atoms with van der Waals surface area (Å²) in [4.78, 5) is 12.3. The molecule has 0 heterocycles. The van der Waals surface area contributed by atoms with E-state index < -0.39 is 30.8 Å². The van der Waals surface area contributed by atoms with Crippen molar-refractivity contribution in [1.29, 1.82) is 0 Å². The number of hydrogen-bond acceptors (Lipinski definition) is 6. The number of benzene rings is 2. The van der Waals surface area contributed by atoms with Crippen LogP contribution in [-0.2, 0) is 4.79 Å². The fourth-order valence-corrected chi connectivity index (χ4v) is 2.36. The molecule has 0 aliphatic carbocycles. The Hall–Kier alpha value is -2.77. The molecule has 26 heavy (non-hydrogen) atoms. The summed E-state index contributed by atoms with van der Waals surface area (Å²) < 4.78 is 10.6. The van der Waals surface area contributed by atoms with E-state index in [1.807, 2.05) is 0 Å². The van der Waals surface area contributed by atoms with E-state index in [1.165, 1.54) is 0 Å². The van der Waals surface area contributed by atoms with Gasteiger partial charge >= 0.3 is 0 Å². The number of anilines is 1. The van der Waals surface area contributed by atoms with Gasteiger partial charge in [0.1, 0.15) is 17.6 Å². The quantitative estimate of drug-likeness (QED) is 0.527. The monoisotopic (exact) mass is 360 g/mol. The molecular formula is C19H24N2O5. The van der Waals surface area contributed by atoms with Gasteiger partial charge in [-0.3, -0.25) is 4.79 Å². The van der Waals surface area contributed by atoms with Gasteiger partial charge < -0.3 is 30.7 Å². The second-order valence-corrected chi connectivity index (χ2v) is 5.84. The lowest BCUT2D eigenvalue weighted by molar-refractivity contribution is -0.129. The van der Waals surface area contributed by atoms with Gasteiger partial charge in [-0.2, -0.15) is 0 Å². The lowest BCUT2D eigenvalue weighted by Gasteiger charge is -2.24. The van der Waals surface area contributed by atoms with Crippen molar-refractivity contribution in [2.24, 2.45) is 0 Å². The fourth-order valence-electron chi connectivity index (χ4n) is 2.36.